The highest BCUT2D eigenvalue weighted by Crippen LogP contribution is 2.33. The Bertz CT molecular complexity index is 701. The number of aliphatic hydroxyl groups excluding tert-OH is 1. The molecule has 1 amide bonds. The number of nitrogens with one attached hydrogen (secondary N) is 1. The van der Waals surface area contributed by atoms with Crippen molar-refractivity contribution in [2.45, 2.75) is 6.10 Å². The van der Waals surface area contributed by atoms with E-state index in [4.69, 9.17) is 0 Å². The minimum atomic E-state index is -0.675. The molecule has 6 heteroatoms. The van der Waals surface area contributed by atoms with E-state index in [-0.39, 0.29) is 12.5 Å². The molecule has 0 aliphatic carbocycles. The van der Waals surface area contributed by atoms with Gasteiger partial charge in [0.15, 0.2) is 0 Å². The van der Waals surface area contributed by atoms with E-state index in [9.17, 15) is 9.90 Å². The molecular formula is C15H13NO2S3. The van der Waals surface area contributed by atoms with E-state index in [2.05, 4.69) is 11.4 Å². The Kier molecular flexibility index (Phi) is 4.50. The molecule has 0 spiro atoms. The maximum absolute atomic E-state index is 11.8. The van der Waals surface area contributed by atoms with Crippen molar-refractivity contribution in [2.24, 2.45) is 0 Å². The van der Waals surface area contributed by atoms with E-state index >= 15 is 0 Å². The van der Waals surface area contributed by atoms with Crippen LogP contribution in [-0.2, 0) is 0 Å². The molecule has 1 atom stereocenters. The average molecular weight is 335 g/mol. The maximum Gasteiger partial charge on any atom is 0.252 e. The summed E-state index contributed by atoms with van der Waals surface area (Å²) in [6.45, 7) is 0.221. The number of hydrogen-bond acceptors (Lipinski definition) is 5. The first-order valence-corrected chi connectivity index (χ1v) is 9.00. The Morgan fingerprint density at radius 2 is 2.10 bits per heavy atom. The normalized spacial score (nSPS) is 12.2. The highest BCUT2D eigenvalue weighted by molar-refractivity contribution is 7.21. The van der Waals surface area contributed by atoms with Gasteiger partial charge in [0.2, 0.25) is 0 Å². The molecule has 21 heavy (non-hydrogen) atoms. The Morgan fingerprint density at radius 3 is 2.81 bits per heavy atom. The molecule has 108 valence electrons. The Balaban J connectivity index is 1.61. The molecular weight excluding hydrogens is 322 g/mol. The molecule has 0 bridgehead atoms. The fraction of sp³-hybridized carbons (Fsp3) is 0.133. The third-order valence-corrected chi connectivity index (χ3v) is 5.89. The molecule has 3 aromatic heterocycles. The van der Waals surface area contributed by atoms with Crippen LogP contribution in [0.1, 0.15) is 21.3 Å². The fourth-order valence-corrected chi connectivity index (χ4v) is 4.33. The monoisotopic (exact) mass is 335 g/mol. The standard InChI is InChI=1S/C15H13NO2S3/c17-11(8-16-15(18)10-5-7-19-9-10)12-3-4-14(21-12)13-2-1-6-20-13/h1-7,9,11,17H,8H2,(H,16,18)/t11-/m0/s1. The van der Waals surface area contributed by atoms with Crippen LogP contribution in [0.25, 0.3) is 9.75 Å². The molecule has 3 aromatic rings. The highest BCUT2D eigenvalue weighted by atomic mass is 32.1. The second-order valence-corrected chi connectivity index (χ2v) is 7.26. The van der Waals surface area contributed by atoms with Crippen LogP contribution in [0.4, 0.5) is 0 Å². The number of amides is 1. The van der Waals surface area contributed by atoms with E-state index in [1.807, 2.05) is 29.0 Å². The zero-order valence-corrected chi connectivity index (χ0v) is 13.4. The minimum Gasteiger partial charge on any atom is -0.386 e. The molecule has 3 rings (SSSR count). The van der Waals surface area contributed by atoms with Gasteiger partial charge in [-0.3, -0.25) is 4.79 Å². The maximum atomic E-state index is 11.8. The van der Waals surface area contributed by atoms with Crippen LogP contribution in [0, 0.1) is 0 Å². The summed E-state index contributed by atoms with van der Waals surface area (Å²) >= 11 is 4.72. The van der Waals surface area contributed by atoms with Crippen LogP contribution in [-0.4, -0.2) is 17.6 Å². The van der Waals surface area contributed by atoms with Crippen LogP contribution in [0.2, 0.25) is 0 Å². The Labute approximate surface area is 134 Å². The molecule has 0 aromatic carbocycles. The summed E-state index contributed by atoms with van der Waals surface area (Å²) < 4.78 is 0. The predicted molar refractivity (Wildman–Crippen MR) is 89.2 cm³/mol. The van der Waals surface area contributed by atoms with Gasteiger partial charge >= 0.3 is 0 Å². The van der Waals surface area contributed by atoms with Crippen LogP contribution < -0.4 is 5.32 Å². The number of carbonyl (C=O) groups is 1. The van der Waals surface area contributed by atoms with Crippen molar-refractivity contribution in [3.63, 3.8) is 0 Å². The third-order valence-electron chi connectivity index (χ3n) is 2.96. The lowest BCUT2D eigenvalue weighted by Gasteiger charge is -2.09. The van der Waals surface area contributed by atoms with E-state index < -0.39 is 6.10 Å². The first-order chi connectivity index (χ1) is 10.2. The molecule has 2 N–H and O–H groups in total. The van der Waals surface area contributed by atoms with Gasteiger partial charge in [0.05, 0.1) is 0 Å². The average Bonchev–Trinajstić information content (AvgIpc) is 3.25. The summed E-state index contributed by atoms with van der Waals surface area (Å²) in [5, 5.41) is 18.6. The zero-order chi connectivity index (χ0) is 14.7. The van der Waals surface area contributed by atoms with Gasteiger partial charge in [-0.2, -0.15) is 11.3 Å². The van der Waals surface area contributed by atoms with Crippen LogP contribution >= 0.6 is 34.0 Å². The molecule has 0 saturated carbocycles. The number of hydrogen-bond donors (Lipinski definition) is 2. The van der Waals surface area contributed by atoms with Crippen LogP contribution in [0.3, 0.4) is 0 Å². The van der Waals surface area contributed by atoms with Crippen molar-refractivity contribution >= 4 is 39.9 Å². The molecule has 3 nitrogen and oxygen atoms in total. The smallest absolute Gasteiger partial charge is 0.252 e. The SMILES string of the molecule is O=C(NC[C@H](O)c1ccc(-c2cccs2)s1)c1ccsc1. The highest BCUT2D eigenvalue weighted by Gasteiger charge is 2.14. The first-order valence-electron chi connectivity index (χ1n) is 6.36. The summed E-state index contributed by atoms with van der Waals surface area (Å²) in [6, 6.07) is 9.77. The lowest BCUT2D eigenvalue weighted by Crippen LogP contribution is -2.27. The Hall–Kier alpha value is -1.47. The zero-order valence-electron chi connectivity index (χ0n) is 11.0. The quantitative estimate of drug-likeness (QED) is 0.740. The van der Waals surface area contributed by atoms with Crippen molar-refractivity contribution in [3.05, 3.63) is 56.9 Å². The summed E-state index contributed by atoms with van der Waals surface area (Å²) in [7, 11) is 0. The molecule has 0 unspecified atom stereocenters. The predicted octanol–water partition coefficient (Wildman–Crippen LogP) is 4.00. The number of aliphatic hydroxyl groups is 1. The largest absolute Gasteiger partial charge is 0.386 e. The van der Waals surface area contributed by atoms with Gasteiger partial charge in [-0.1, -0.05) is 6.07 Å². The van der Waals surface area contributed by atoms with E-state index in [1.165, 1.54) is 16.2 Å². The lowest BCUT2D eigenvalue weighted by atomic mass is 10.2. The fourth-order valence-electron chi connectivity index (χ4n) is 1.87. The molecule has 0 radical (unpaired) electrons. The van der Waals surface area contributed by atoms with Gasteiger partial charge in [-0.15, -0.1) is 22.7 Å². The molecule has 0 aliphatic rings. The van der Waals surface area contributed by atoms with Crippen molar-refractivity contribution < 1.29 is 9.90 Å². The molecule has 3 heterocycles. The summed E-state index contributed by atoms with van der Waals surface area (Å²) in [6.07, 6.45) is -0.675. The van der Waals surface area contributed by atoms with Crippen LogP contribution in [0.5, 0.6) is 0 Å². The van der Waals surface area contributed by atoms with Gasteiger partial charge in [0.1, 0.15) is 6.10 Å². The molecule has 0 fully saturated rings. The second-order valence-electron chi connectivity index (χ2n) is 4.42. The van der Waals surface area contributed by atoms with Gasteiger partial charge in [-0.05, 0) is 35.0 Å². The van der Waals surface area contributed by atoms with Crippen molar-refractivity contribution in [2.75, 3.05) is 6.54 Å². The minimum absolute atomic E-state index is 0.148. The number of thiophene rings is 3. The van der Waals surface area contributed by atoms with E-state index in [0.29, 0.717) is 5.56 Å². The van der Waals surface area contributed by atoms with Crippen molar-refractivity contribution in [1.82, 2.24) is 5.32 Å². The third kappa shape index (κ3) is 3.41. The van der Waals surface area contributed by atoms with Gasteiger partial charge < -0.3 is 10.4 Å². The second kappa shape index (κ2) is 6.53. The van der Waals surface area contributed by atoms with E-state index in [1.54, 1.807) is 34.1 Å². The first kappa shape index (κ1) is 14.5. The van der Waals surface area contributed by atoms with Crippen molar-refractivity contribution in [1.29, 1.82) is 0 Å². The number of rotatable bonds is 5. The topological polar surface area (TPSA) is 49.3 Å². The number of carbonyl (C=O) groups excluding carboxylic acids is 1. The van der Waals surface area contributed by atoms with Gasteiger partial charge in [-0.25, -0.2) is 0 Å². The van der Waals surface area contributed by atoms with Crippen LogP contribution in [0.15, 0.2) is 46.5 Å². The molecule has 0 aliphatic heterocycles. The summed E-state index contributed by atoms with van der Waals surface area (Å²) in [5.74, 6) is -0.148. The summed E-state index contributed by atoms with van der Waals surface area (Å²) in [5.41, 5.74) is 0.637. The summed E-state index contributed by atoms with van der Waals surface area (Å²) in [4.78, 5) is 15.0. The van der Waals surface area contributed by atoms with E-state index in [0.717, 1.165) is 9.75 Å². The van der Waals surface area contributed by atoms with Gasteiger partial charge in [0.25, 0.3) is 5.91 Å². The van der Waals surface area contributed by atoms with Crippen molar-refractivity contribution in [3.8, 4) is 9.75 Å². The van der Waals surface area contributed by atoms with Gasteiger partial charge in [0, 0.05) is 32.1 Å². The lowest BCUT2D eigenvalue weighted by molar-refractivity contribution is 0.0918. The molecule has 0 saturated heterocycles. The Morgan fingerprint density at radius 1 is 1.19 bits per heavy atom.